The van der Waals surface area contributed by atoms with Crippen molar-refractivity contribution >= 4 is 29.2 Å². The standard InChI is InChI=1S/C19H11ClF6N2/c20-13-8-5-12(6-9-13)16-27-17(18(21,22)23,19(24,25)26)15-10-7-11-3-1-2-4-14(11)28(15)16/h1-10,15H. The number of fused-ring (bicyclic) bond motifs is 3. The van der Waals surface area contributed by atoms with Gasteiger partial charge >= 0.3 is 12.4 Å². The number of halogens is 7. The largest absolute Gasteiger partial charge is 0.425 e. The van der Waals surface area contributed by atoms with Gasteiger partial charge in [0.25, 0.3) is 5.54 Å². The lowest BCUT2D eigenvalue weighted by Gasteiger charge is -2.40. The van der Waals surface area contributed by atoms with E-state index < -0.39 is 29.8 Å². The first-order chi connectivity index (χ1) is 13.1. The van der Waals surface area contributed by atoms with Gasteiger partial charge in [-0.1, -0.05) is 42.0 Å². The second kappa shape index (κ2) is 6.01. The molecular weight excluding hydrogens is 406 g/mol. The SMILES string of the molecule is FC(F)(F)C1(C(F)(F)F)N=C(c2ccc(Cl)cc2)N2c3ccccc3C=CC21. The summed E-state index contributed by atoms with van der Waals surface area (Å²) in [6, 6.07) is 9.68. The molecule has 2 heterocycles. The van der Waals surface area contributed by atoms with Crippen LogP contribution in [0.25, 0.3) is 6.08 Å². The molecule has 4 rings (SSSR count). The van der Waals surface area contributed by atoms with Gasteiger partial charge in [-0.15, -0.1) is 0 Å². The molecule has 0 aromatic heterocycles. The molecule has 2 aromatic carbocycles. The number of nitrogens with zero attached hydrogens (tertiary/aromatic N) is 2. The average molecular weight is 417 g/mol. The van der Waals surface area contributed by atoms with Gasteiger partial charge in [0.15, 0.2) is 0 Å². The summed E-state index contributed by atoms with van der Waals surface area (Å²) in [5, 5.41) is 0.302. The van der Waals surface area contributed by atoms with Crippen LogP contribution in [0.15, 0.2) is 59.6 Å². The molecule has 0 saturated heterocycles. The number of alkyl halides is 6. The predicted molar refractivity (Wildman–Crippen MR) is 94.6 cm³/mol. The van der Waals surface area contributed by atoms with Crippen LogP contribution >= 0.6 is 11.6 Å². The van der Waals surface area contributed by atoms with Crippen molar-refractivity contribution in [1.29, 1.82) is 0 Å². The third-order valence-corrected chi connectivity index (χ3v) is 5.09. The highest BCUT2D eigenvalue weighted by atomic mass is 35.5. The number of hydrogen-bond donors (Lipinski definition) is 0. The first-order valence-corrected chi connectivity index (χ1v) is 8.50. The quantitative estimate of drug-likeness (QED) is 0.531. The minimum Gasteiger partial charge on any atom is -0.315 e. The van der Waals surface area contributed by atoms with Gasteiger partial charge in [0.1, 0.15) is 5.84 Å². The number of rotatable bonds is 1. The highest BCUT2D eigenvalue weighted by Crippen LogP contribution is 2.55. The van der Waals surface area contributed by atoms with Crippen molar-refractivity contribution in [3.8, 4) is 0 Å². The van der Waals surface area contributed by atoms with Gasteiger partial charge in [0.2, 0.25) is 0 Å². The third-order valence-electron chi connectivity index (χ3n) is 4.84. The lowest BCUT2D eigenvalue weighted by Crippen LogP contribution is -2.64. The highest BCUT2D eigenvalue weighted by molar-refractivity contribution is 6.30. The molecule has 2 aromatic rings. The summed E-state index contributed by atoms with van der Waals surface area (Å²) in [6.45, 7) is 0. The number of para-hydroxylation sites is 1. The summed E-state index contributed by atoms with van der Waals surface area (Å²) in [6.07, 6.45) is -9.13. The summed E-state index contributed by atoms with van der Waals surface area (Å²) < 4.78 is 83.4. The number of aliphatic imine (C=N–C) groups is 1. The Bertz CT molecular complexity index is 961. The van der Waals surface area contributed by atoms with E-state index in [0.29, 0.717) is 10.6 Å². The smallest absolute Gasteiger partial charge is 0.315 e. The van der Waals surface area contributed by atoms with Crippen molar-refractivity contribution in [2.24, 2.45) is 4.99 Å². The van der Waals surface area contributed by atoms with Crippen LogP contribution in [0.2, 0.25) is 5.02 Å². The molecule has 2 aliphatic heterocycles. The fourth-order valence-corrected chi connectivity index (χ4v) is 3.69. The molecule has 28 heavy (non-hydrogen) atoms. The fraction of sp³-hybridized carbons (Fsp3) is 0.211. The van der Waals surface area contributed by atoms with E-state index in [0.717, 1.165) is 11.0 Å². The minimum absolute atomic E-state index is 0.106. The molecule has 9 heteroatoms. The van der Waals surface area contributed by atoms with E-state index in [1.54, 1.807) is 18.2 Å². The third kappa shape index (κ3) is 2.54. The van der Waals surface area contributed by atoms with Gasteiger partial charge in [0.05, 0.1) is 11.7 Å². The van der Waals surface area contributed by atoms with E-state index in [1.807, 2.05) is 0 Å². The molecule has 1 atom stereocenters. The van der Waals surface area contributed by atoms with Crippen LogP contribution in [0.3, 0.4) is 0 Å². The molecule has 0 saturated carbocycles. The summed E-state index contributed by atoms with van der Waals surface area (Å²) in [5.74, 6) is -0.409. The van der Waals surface area contributed by atoms with E-state index in [4.69, 9.17) is 11.6 Å². The average Bonchev–Trinajstić information content (AvgIpc) is 2.99. The second-order valence-electron chi connectivity index (χ2n) is 6.44. The summed E-state index contributed by atoms with van der Waals surface area (Å²) in [4.78, 5) is 4.30. The Labute approximate surface area is 160 Å². The van der Waals surface area contributed by atoms with Crippen molar-refractivity contribution in [2.45, 2.75) is 23.9 Å². The molecule has 146 valence electrons. The zero-order chi connectivity index (χ0) is 20.3. The Balaban J connectivity index is 2.02. The Morgan fingerprint density at radius 3 is 2.11 bits per heavy atom. The molecule has 0 N–H and O–H groups in total. The maximum atomic E-state index is 13.9. The van der Waals surface area contributed by atoms with Gasteiger partial charge in [-0.05, 0) is 35.9 Å². The van der Waals surface area contributed by atoms with Crippen LogP contribution in [0, 0.1) is 0 Å². The minimum atomic E-state index is -5.65. The molecule has 0 aliphatic carbocycles. The zero-order valence-corrected chi connectivity index (χ0v) is 14.6. The maximum absolute atomic E-state index is 13.9. The molecular formula is C19H11ClF6N2. The first-order valence-electron chi connectivity index (χ1n) is 8.12. The van der Waals surface area contributed by atoms with E-state index in [2.05, 4.69) is 4.99 Å². The van der Waals surface area contributed by atoms with Crippen molar-refractivity contribution in [1.82, 2.24) is 0 Å². The number of benzene rings is 2. The lowest BCUT2D eigenvalue weighted by molar-refractivity contribution is -0.294. The van der Waals surface area contributed by atoms with Crippen molar-refractivity contribution in [3.63, 3.8) is 0 Å². The van der Waals surface area contributed by atoms with Crippen molar-refractivity contribution < 1.29 is 26.3 Å². The second-order valence-corrected chi connectivity index (χ2v) is 6.87. The monoisotopic (exact) mass is 416 g/mol. The Hall–Kier alpha value is -2.48. The highest BCUT2D eigenvalue weighted by Gasteiger charge is 2.78. The van der Waals surface area contributed by atoms with Crippen LogP contribution in [-0.2, 0) is 0 Å². The van der Waals surface area contributed by atoms with Crippen LogP contribution in [-0.4, -0.2) is 29.8 Å². The first kappa shape index (κ1) is 18.9. The number of amidine groups is 1. The molecule has 1 unspecified atom stereocenters. The van der Waals surface area contributed by atoms with Crippen LogP contribution in [0.4, 0.5) is 32.0 Å². The summed E-state index contributed by atoms with van der Waals surface area (Å²) in [5.41, 5.74) is -3.45. The van der Waals surface area contributed by atoms with Crippen LogP contribution < -0.4 is 4.90 Å². The molecule has 0 bridgehead atoms. The predicted octanol–water partition coefficient (Wildman–Crippen LogP) is 5.87. The summed E-state index contributed by atoms with van der Waals surface area (Å²) >= 11 is 5.81. The van der Waals surface area contributed by atoms with Crippen LogP contribution in [0.5, 0.6) is 0 Å². The number of hydrogen-bond acceptors (Lipinski definition) is 2. The van der Waals surface area contributed by atoms with E-state index in [-0.39, 0.29) is 11.3 Å². The van der Waals surface area contributed by atoms with Gasteiger partial charge in [0, 0.05) is 10.6 Å². The Morgan fingerprint density at radius 1 is 0.893 bits per heavy atom. The van der Waals surface area contributed by atoms with E-state index in [9.17, 15) is 26.3 Å². The Kier molecular flexibility index (Phi) is 4.05. The lowest BCUT2D eigenvalue weighted by atomic mass is 9.86. The van der Waals surface area contributed by atoms with E-state index in [1.165, 1.54) is 36.4 Å². The molecule has 0 radical (unpaired) electrons. The van der Waals surface area contributed by atoms with E-state index >= 15 is 0 Å². The molecule has 0 amide bonds. The molecule has 0 spiro atoms. The van der Waals surface area contributed by atoms with Crippen molar-refractivity contribution in [2.75, 3.05) is 4.90 Å². The van der Waals surface area contributed by atoms with Gasteiger partial charge < -0.3 is 4.90 Å². The topological polar surface area (TPSA) is 15.6 Å². The van der Waals surface area contributed by atoms with Crippen molar-refractivity contribution in [3.05, 3.63) is 70.8 Å². The van der Waals surface area contributed by atoms with Gasteiger partial charge in [-0.25, -0.2) is 4.99 Å². The zero-order valence-electron chi connectivity index (χ0n) is 13.9. The fourth-order valence-electron chi connectivity index (χ4n) is 3.56. The molecule has 0 fully saturated rings. The Morgan fingerprint density at radius 2 is 1.50 bits per heavy atom. The maximum Gasteiger partial charge on any atom is 0.425 e. The van der Waals surface area contributed by atoms with Gasteiger partial charge in [-0.3, -0.25) is 0 Å². The normalized spacial score (nSPS) is 20.6. The summed E-state index contributed by atoms with van der Waals surface area (Å²) in [7, 11) is 0. The van der Waals surface area contributed by atoms with Gasteiger partial charge in [-0.2, -0.15) is 26.3 Å². The number of anilines is 1. The molecule has 2 nitrogen and oxygen atoms in total. The van der Waals surface area contributed by atoms with Crippen LogP contribution in [0.1, 0.15) is 11.1 Å². The molecule has 2 aliphatic rings.